The van der Waals surface area contributed by atoms with E-state index in [-0.39, 0.29) is 5.92 Å². The largest absolute Gasteiger partial charge is 0.303 e. The highest BCUT2D eigenvalue weighted by atomic mass is 16.1. The van der Waals surface area contributed by atoms with E-state index in [1.54, 1.807) is 0 Å². The standard InChI is InChI=1S/C11H12O2/c12-7-6-11(9-13)8-10-4-2-1-3-5-10/h1-5,7,9,11H,6,8H2. The fourth-order valence-electron chi connectivity index (χ4n) is 1.23. The molecular weight excluding hydrogens is 164 g/mol. The van der Waals surface area contributed by atoms with Gasteiger partial charge in [-0.1, -0.05) is 30.3 Å². The first-order valence-electron chi connectivity index (χ1n) is 4.29. The van der Waals surface area contributed by atoms with Crippen molar-refractivity contribution in [2.45, 2.75) is 12.8 Å². The molecule has 0 amide bonds. The first kappa shape index (κ1) is 9.65. The summed E-state index contributed by atoms with van der Waals surface area (Å²) in [5.41, 5.74) is 1.10. The van der Waals surface area contributed by atoms with Crippen molar-refractivity contribution in [3.8, 4) is 0 Å². The number of benzene rings is 1. The van der Waals surface area contributed by atoms with Crippen LogP contribution in [0.3, 0.4) is 0 Å². The average Bonchev–Trinajstić information content (AvgIpc) is 2.19. The smallest absolute Gasteiger partial charge is 0.123 e. The molecule has 0 N–H and O–H groups in total. The highest BCUT2D eigenvalue weighted by molar-refractivity contribution is 5.62. The number of hydrogen-bond donors (Lipinski definition) is 0. The molecule has 0 radical (unpaired) electrons. The SMILES string of the molecule is O=CCC(C=O)Cc1ccccc1. The predicted octanol–water partition coefficient (Wildman–Crippen LogP) is 1.63. The second-order valence-electron chi connectivity index (χ2n) is 2.99. The van der Waals surface area contributed by atoms with E-state index in [2.05, 4.69) is 0 Å². The average molecular weight is 176 g/mol. The van der Waals surface area contributed by atoms with Gasteiger partial charge in [-0.2, -0.15) is 0 Å². The molecular formula is C11H12O2. The summed E-state index contributed by atoms with van der Waals surface area (Å²) < 4.78 is 0. The minimum absolute atomic E-state index is 0.167. The van der Waals surface area contributed by atoms with Gasteiger partial charge in [0.05, 0.1) is 0 Å². The molecule has 2 heteroatoms. The molecule has 0 saturated heterocycles. The Hall–Kier alpha value is -1.44. The van der Waals surface area contributed by atoms with Crippen molar-refractivity contribution in [2.75, 3.05) is 0 Å². The maximum atomic E-state index is 10.5. The van der Waals surface area contributed by atoms with Crippen molar-refractivity contribution in [3.63, 3.8) is 0 Å². The van der Waals surface area contributed by atoms with E-state index in [9.17, 15) is 9.59 Å². The van der Waals surface area contributed by atoms with E-state index in [0.29, 0.717) is 12.8 Å². The van der Waals surface area contributed by atoms with Crippen LogP contribution < -0.4 is 0 Å². The Kier molecular flexibility index (Phi) is 3.89. The summed E-state index contributed by atoms with van der Waals surface area (Å²) in [7, 11) is 0. The summed E-state index contributed by atoms with van der Waals surface area (Å²) in [5, 5.41) is 0. The zero-order valence-electron chi connectivity index (χ0n) is 7.35. The Morgan fingerprint density at radius 2 is 1.85 bits per heavy atom. The van der Waals surface area contributed by atoms with Gasteiger partial charge in [0.15, 0.2) is 0 Å². The van der Waals surface area contributed by atoms with Gasteiger partial charge in [-0.3, -0.25) is 0 Å². The van der Waals surface area contributed by atoms with Crippen molar-refractivity contribution in [3.05, 3.63) is 35.9 Å². The maximum absolute atomic E-state index is 10.5. The zero-order valence-corrected chi connectivity index (χ0v) is 7.35. The molecule has 68 valence electrons. The van der Waals surface area contributed by atoms with Crippen LogP contribution >= 0.6 is 0 Å². The maximum Gasteiger partial charge on any atom is 0.123 e. The molecule has 13 heavy (non-hydrogen) atoms. The first-order chi connectivity index (χ1) is 6.36. The summed E-state index contributed by atoms with van der Waals surface area (Å²) in [4.78, 5) is 20.7. The van der Waals surface area contributed by atoms with Gasteiger partial charge in [0, 0.05) is 12.3 Å². The van der Waals surface area contributed by atoms with Crippen LogP contribution in [0, 0.1) is 5.92 Å². The molecule has 0 aliphatic carbocycles. The van der Waals surface area contributed by atoms with Gasteiger partial charge in [-0.25, -0.2) is 0 Å². The third-order valence-corrected chi connectivity index (χ3v) is 1.93. The van der Waals surface area contributed by atoms with Gasteiger partial charge in [-0.15, -0.1) is 0 Å². The molecule has 1 atom stereocenters. The molecule has 0 bridgehead atoms. The van der Waals surface area contributed by atoms with E-state index < -0.39 is 0 Å². The van der Waals surface area contributed by atoms with Crippen molar-refractivity contribution in [1.82, 2.24) is 0 Å². The fraction of sp³-hybridized carbons (Fsp3) is 0.273. The Morgan fingerprint density at radius 3 is 2.38 bits per heavy atom. The topological polar surface area (TPSA) is 34.1 Å². The number of carbonyl (C=O) groups excluding carboxylic acids is 2. The monoisotopic (exact) mass is 176 g/mol. The lowest BCUT2D eigenvalue weighted by Crippen LogP contribution is -2.06. The zero-order chi connectivity index (χ0) is 9.52. The molecule has 1 aromatic carbocycles. The quantitative estimate of drug-likeness (QED) is 0.639. The molecule has 1 aromatic rings. The summed E-state index contributed by atoms with van der Waals surface area (Å²) in [6, 6.07) is 9.71. The minimum atomic E-state index is -0.167. The normalized spacial score (nSPS) is 12.0. The van der Waals surface area contributed by atoms with Gasteiger partial charge in [0.1, 0.15) is 12.6 Å². The lowest BCUT2D eigenvalue weighted by Gasteiger charge is -2.05. The molecule has 0 aliphatic heterocycles. The molecule has 0 aromatic heterocycles. The lowest BCUT2D eigenvalue weighted by atomic mass is 9.98. The molecule has 0 saturated carbocycles. The van der Waals surface area contributed by atoms with E-state index in [0.717, 1.165) is 18.1 Å². The Bertz CT molecular complexity index is 267. The van der Waals surface area contributed by atoms with Crippen molar-refractivity contribution in [1.29, 1.82) is 0 Å². The van der Waals surface area contributed by atoms with E-state index >= 15 is 0 Å². The van der Waals surface area contributed by atoms with Crippen LogP contribution in [0.2, 0.25) is 0 Å². The number of carbonyl (C=O) groups is 2. The molecule has 1 rings (SSSR count). The highest BCUT2D eigenvalue weighted by Crippen LogP contribution is 2.08. The van der Waals surface area contributed by atoms with Crippen LogP contribution in [0.1, 0.15) is 12.0 Å². The molecule has 2 nitrogen and oxygen atoms in total. The van der Waals surface area contributed by atoms with Crippen LogP contribution in [-0.4, -0.2) is 12.6 Å². The molecule has 1 unspecified atom stereocenters. The summed E-state index contributed by atoms with van der Waals surface area (Å²) >= 11 is 0. The number of rotatable bonds is 5. The van der Waals surface area contributed by atoms with Crippen LogP contribution in [-0.2, 0) is 16.0 Å². The minimum Gasteiger partial charge on any atom is -0.303 e. The van der Waals surface area contributed by atoms with E-state index in [1.165, 1.54) is 0 Å². The third kappa shape index (κ3) is 3.20. The first-order valence-corrected chi connectivity index (χ1v) is 4.29. The van der Waals surface area contributed by atoms with Crippen LogP contribution in [0.15, 0.2) is 30.3 Å². The molecule has 0 fully saturated rings. The van der Waals surface area contributed by atoms with Crippen molar-refractivity contribution >= 4 is 12.6 Å². The summed E-state index contributed by atoms with van der Waals surface area (Å²) in [6.45, 7) is 0. The van der Waals surface area contributed by atoms with Gasteiger partial charge in [0.25, 0.3) is 0 Å². The fourth-order valence-corrected chi connectivity index (χ4v) is 1.23. The van der Waals surface area contributed by atoms with Gasteiger partial charge < -0.3 is 9.59 Å². The highest BCUT2D eigenvalue weighted by Gasteiger charge is 2.06. The van der Waals surface area contributed by atoms with Gasteiger partial charge in [0.2, 0.25) is 0 Å². The number of aldehydes is 2. The van der Waals surface area contributed by atoms with Crippen LogP contribution in [0.5, 0.6) is 0 Å². The van der Waals surface area contributed by atoms with E-state index in [1.807, 2.05) is 30.3 Å². The molecule has 0 spiro atoms. The molecule has 0 aliphatic rings. The van der Waals surface area contributed by atoms with Gasteiger partial charge in [-0.05, 0) is 12.0 Å². The lowest BCUT2D eigenvalue weighted by molar-refractivity contribution is -0.115. The van der Waals surface area contributed by atoms with Crippen LogP contribution in [0.25, 0.3) is 0 Å². The number of hydrogen-bond acceptors (Lipinski definition) is 2. The second kappa shape index (κ2) is 5.25. The van der Waals surface area contributed by atoms with Gasteiger partial charge >= 0.3 is 0 Å². The molecule has 0 heterocycles. The predicted molar refractivity (Wildman–Crippen MR) is 50.4 cm³/mol. The van der Waals surface area contributed by atoms with Crippen LogP contribution in [0.4, 0.5) is 0 Å². The Morgan fingerprint density at radius 1 is 1.15 bits per heavy atom. The third-order valence-electron chi connectivity index (χ3n) is 1.93. The van der Waals surface area contributed by atoms with Crippen molar-refractivity contribution < 1.29 is 9.59 Å². The van der Waals surface area contributed by atoms with Crippen molar-refractivity contribution in [2.24, 2.45) is 5.92 Å². The summed E-state index contributed by atoms with van der Waals surface area (Å²) in [5.74, 6) is -0.167. The second-order valence-corrected chi connectivity index (χ2v) is 2.99. The summed E-state index contributed by atoms with van der Waals surface area (Å²) in [6.07, 6.45) is 2.62. The van der Waals surface area contributed by atoms with E-state index in [4.69, 9.17) is 0 Å². The Balaban J connectivity index is 2.56. The Labute approximate surface area is 77.6 Å².